The van der Waals surface area contributed by atoms with E-state index in [0.717, 1.165) is 5.56 Å². The Hall–Kier alpha value is -1.27. The lowest BCUT2D eigenvalue weighted by molar-refractivity contribution is 0.348. The molecule has 1 aromatic rings. The number of guanidine groups is 1. The lowest BCUT2D eigenvalue weighted by Gasteiger charge is -2.25. The van der Waals surface area contributed by atoms with Crippen molar-refractivity contribution in [2.75, 3.05) is 25.6 Å². The van der Waals surface area contributed by atoms with E-state index in [-0.39, 0.29) is 11.2 Å². The molecule has 2 N–H and O–H groups in total. The van der Waals surface area contributed by atoms with Gasteiger partial charge < -0.3 is 10.6 Å². The van der Waals surface area contributed by atoms with Gasteiger partial charge >= 0.3 is 0 Å². The van der Waals surface area contributed by atoms with Gasteiger partial charge in [-0.1, -0.05) is 37.6 Å². The maximum atomic E-state index is 11.3. The lowest BCUT2D eigenvalue weighted by Crippen LogP contribution is -2.42. The predicted octanol–water partition coefficient (Wildman–Crippen LogP) is 2.47. The van der Waals surface area contributed by atoms with Crippen LogP contribution in [0.5, 0.6) is 0 Å². The number of hydrogen-bond acceptors (Lipinski definition) is 3. The topological polar surface area (TPSA) is 70.6 Å². The van der Waals surface area contributed by atoms with Gasteiger partial charge in [-0.3, -0.25) is 4.99 Å². The van der Waals surface area contributed by atoms with Crippen LogP contribution in [0, 0.1) is 5.41 Å². The predicted molar refractivity (Wildman–Crippen MR) is 97.8 cm³/mol. The van der Waals surface area contributed by atoms with Gasteiger partial charge in [0.15, 0.2) is 5.96 Å². The monoisotopic (exact) mass is 359 g/mol. The Morgan fingerprint density at radius 2 is 2.00 bits per heavy atom. The molecule has 0 aromatic heterocycles. The summed E-state index contributed by atoms with van der Waals surface area (Å²) >= 11 is 5.96. The Labute approximate surface area is 144 Å². The largest absolute Gasteiger partial charge is 0.356 e. The number of aliphatic imine (C=N–C) groups is 1. The maximum absolute atomic E-state index is 11.3. The molecule has 23 heavy (non-hydrogen) atoms. The first-order chi connectivity index (χ1) is 10.6. The van der Waals surface area contributed by atoms with Crippen LogP contribution >= 0.6 is 11.6 Å². The Kier molecular flexibility index (Phi) is 7.35. The summed E-state index contributed by atoms with van der Waals surface area (Å²) in [5.74, 6) is 0.869. The first-order valence-corrected chi connectivity index (χ1v) is 9.92. The van der Waals surface area contributed by atoms with Crippen molar-refractivity contribution in [1.29, 1.82) is 0 Å². The van der Waals surface area contributed by atoms with Gasteiger partial charge in [0.1, 0.15) is 9.84 Å². The Bertz CT molecular complexity index is 642. The molecular formula is C16H26ClN3O2S. The highest BCUT2D eigenvalue weighted by molar-refractivity contribution is 7.90. The van der Waals surface area contributed by atoms with Gasteiger partial charge in [0.2, 0.25) is 0 Å². The smallest absolute Gasteiger partial charge is 0.191 e. The van der Waals surface area contributed by atoms with Crippen LogP contribution in [0.15, 0.2) is 29.3 Å². The average molecular weight is 360 g/mol. The molecule has 0 bridgehead atoms. The van der Waals surface area contributed by atoms with E-state index in [1.54, 1.807) is 7.05 Å². The summed E-state index contributed by atoms with van der Waals surface area (Å²) in [7, 11) is -1.23. The molecule has 0 saturated heterocycles. The molecule has 5 nitrogen and oxygen atoms in total. The van der Waals surface area contributed by atoms with Crippen LogP contribution in [0.25, 0.3) is 0 Å². The number of rotatable bonds is 7. The maximum Gasteiger partial charge on any atom is 0.191 e. The molecule has 7 heteroatoms. The summed E-state index contributed by atoms with van der Waals surface area (Å²) in [6.45, 7) is 5.33. The standard InChI is InChI=1S/C16H26ClN3O2S/c1-16(2,8-9-23(4,21)22)12-20-15(18-3)19-11-13-6-5-7-14(17)10-13/h5-7,10H,8-9,11-12H2,1-4H3,(H2,18,19,20). The molecule has 1 aromatic carbocycles. The lowest BCUT2D eigenvalue weighted by atomic mass is 9.90. The molecule has 0 saturated carbocycles. The van der Waals surface area contributed by atoms with E-state index in [9.17, 15) is 8.42 Å². The zero-order valence-electron chi connectivity index (χ0n) is 14.2. The summed E-state index contributed by atoms with van der Waals surface area (Å²) < 4.78 is 22.6. The second kappa shape index (κ2) is 8.55. The van der Waals surface area contributed by atoms with Crippen LogP contribution in [-0.4, -0.2) is 40.0 Å². The zero-order chi connectivity index (χ0) is 17.5. The summed E-state index contributed by atoms with van der Waals surface area (Å²) in [5.41, 5.74) is 0.924. The van der Waals surface area contributed by atoms with E-state index in [0.29, 0.717) is 30.5 Å². The summed E-state index contributed by atoms with van der Waals surface area (Å²) in [4.78, 5) is 4.18. The average Bonchev–Trinajstić information content (AvgIpc) is 2.45. The van der Waals surface area contributed by atoms with Crippen molar-refractivity contribution in [2.45, 2.75) is 26.8 Å². The fourth-order valence-electron chi connectivity index (χ4n) is 1.93. The quantitative estimate of drug-likeness (QED) is 0.579. The fraction of sp³-hybridized carbons (Fsp3) is 0.562. The summed E-state index contributed by atoms with van der Waals surface area (Å²) in [5, 5.41) is 7.16. The van der Waals surface area contributed by atoms with Crippen molar-refractivity contribution >= 4 is 27.4 Å². The number of halogens is 1. The zero-order valence-corrected chi connectivity index (χ0v) is 15.8. The SMILES string of the molecule is CN=C(NCc1cccc(Cl)c1)NCC(C)(C)CCS(C)(=O)=O. The summed E-state index contributed by atoms with van der Waals surface area (Å²) in [6, 6.07) is 7.63. The number of benzene rings is 1. The molecule has 0 spiro atoms. The highest BCUT2D eigenvalue weighted by Crippen LogP contribution is 2.19. The molecule has 0 aliphatic rings. The van der Waals surface area contributed by atoms with E-state index in [1.165, 1.54) is 6.26 Å². The van der Waals surface area contributed by atoms with Crippen LogP contribution in [0.3, 0.4) is 0 Å². The number of nitrogens with one attached hydrogen (secondary N) is 2. The highest BCUT2D eigenvalue weighted by atomic mass is 35.5. The molecule has 0 amide bonds. The van der Waals surface area contributed by atoms with Gasteiger partial charge in [0.05, 0.1) is 5.75 Å². The van der Waals surface area contributed by atoms with E-state index in [4.69, 9.17) is 11.6 Å². The van der Waals surface area contributed by atoms with Crippen LogP contribution in [0.2, 0.25) is 5.02 Å². The van der Waals surface area contributed by atoms with Crippen molar-refractivity contribution < 1.29 is 8.42 Å². The Morgan fingerprint density at radius 3 is 2.57 bits per heavy atom. The number of sulfone groups is 1. The van der Waals surface area contributed by atoms with Crippen LogP contribution in [-0.2, 0) is 16.4 Å². The highest BCUT2D eigenvalue weighted by Gasteiger charge is 2.20. The molecule has 130 valence electrons. The van der Waals surface area contributed by atoms with Gasteiger partial charge in [-0.25, -0.2) is 8.42 Å². The summed E-state index contributed by atoms with van der Waals surface area (Å²) in [6.07, 6.45) is 1.87. The van der Waals surface area contributed by atoms with E-state index >= 15 is 0 Å². The van der Waals surface area contributed by atoms with E-state index < -0.39 is 9.84 Å². The Morgan fingerprint density at radius 1 is 1.30 bits per heavy atom. The second-order valence-corrected chi connectivity index (χ2v) is 9.15. The van der Waals surface area contributed by atoms with Gasteiger partial charge in [0.25, 0.3) is 0 Å². The fourth-order valence-corrected chi connectivity index (χ4v) is 3.06. The third kappa shape index (κ3) is 8.81. The molecule has 0 radical (unpaired) electrons. The molecule has 0 heterocycles. The van der Waals surface area contributed by atoms with Gasteiger partial charge in [-0.2, -0.15) is 0 Å². The van der Waals surface area contributed by atoms with E-state index in [2.05, 4.69) is 15.6 Å². The molecule has 0 fully saturated rings. The molecule has 1 rings (SSSR count). The molecular weight excluding hydrogens is 334 g/mol. The molecule has 0 aliphatic carbocycles. The van der Waals surface area contributed by atoms with Crippen LogP contribution < -0.4 is 10.6 Å². The normalized spacial score (nSPS) is 13.0. The van der Waals surface area contributed by atoms with Crippen molar-refractivity contribution in [2.24, 2.45) is 10.4 Å². The first kappa shape index (κ1) is 19.8. The molecule has 0 atom stereocenters. The minimum absolute atomic E-state index is 0.142. The molecule has 0 unspecified atom stereocenters. The third-order valence-corrected chi connectivity index (χ3v) is 4.64. The van der Waals surface area contributed by atoms with E-state index in [1.807, 2.05) is 38.1 Å². The molecule has 0 aliphatic heterocycles. The van der Waals surface area contributed by atoms with Crippen molar-refractivity contribution in [3.8, 4) is 0 Å². The minimum atomic E-state index is -2.94. The minimum Gasteiger partial charge on any atom is -0.356 e. The van der Waals surface area contributed by atoms with Gasteiger partial charge in [-0.15, -0.1) is 0 Å². The van der Waals surface area contributed by atoms with Gasteiger partial charge in [0, 0.05) is 31.4 Å². The van der Waals surface area contributed by atoms with Gasteiger partial charge in [-0.05, 0) is 29.5 Å². The third-order valence-electron chi connectivity index (χ3n) is 3.46. The van der Waals surface area contributed by atoms with Crippen molar-refractivity contribution in [3.63, 3.8) is 0 Å². The second-order valence-electron chi connectivity index (χ2n) is 6.45. The Balaban J connectivity index is 2.47. The van der Waals surface area contributed by atoms with Crippen molar-refractivity contribution in [1.82, 2.24) is 10.6 Å². The van der Waals surface area contributed by atoms with Crippen LogP contribution in [0.4, 0.5) is 0 Å². The number of nitrogens with zero attached hydrogens (tertiary/aromatic N) is 1. The van der Waals surface area contributed by atoms with Crippen molar-refractivity contribution in [3.05, 3.63) is 34.9 Å². The number of hydrogen-bond donors (Lipinski definition) is 2. The van der Waals surface area contributed by atoms with Crippen LogP contribution in [0.1, 0.15) is 25.8 Å². The first-order valence-electron chi connectivity index (χ1n) is 7.48.